The summed E-state index contributed by atoms with van der Waals surface area (Å²) in [5, 5.41) is 2.42. The van der Waals surface area contributed by atoms with Crippen LogP contribution in [0.2, 0.25) is 0 Å². The van der Waals surface area contributed by atoms with Gasteiger partial charge in [-0.3, -0.25) is 4.79 Å². The normalized spacial score (nSPS) is 12.3. The number of rotatable bonds is 6. The third kappa shape index (κ3) is 3.81. The summed E-state index contributed by atoms with van der Waals surface area (Å²) < 4.78 is 4.91. The van der Waals surface area contributed by atoms with Crippen molar-refractivity contribution in [3.8, 4) is 0 Å². The summed E-state index contributed by atoms with van der Waals surface area (Å²) in [6.07, 6.45) is 1.99. The first-order chi connectivity index (χ1) is 9.70. The Balaban J connectivity index is 1.93. The maximum absolute atomic E-state index is 11.3. The highest BCUT2D eigenvalue weighted by atomic mass is 16.5. The summed E-state index contributed by atoms with van der Waals surface area (Å²) in [4.78, 5) is 11.3. The van der Waals surface area contributed by atoms with Crippen molar-refractivity contribution < 1.29 is 9.53 Å². The number of fused-ring (bicyclic) bond motifs is 1. The van der Waals surface area contributed by atoms with E-state index in [1.165, 1.54) is 10.8 Å². The maximum atomic E-state index is 11.3. The number of benzene rings is 2. The highest BCUT2D eigenvalue weighted by Crippen LogP contribution is 2.22. The zero-order valence-electron chi connectivity index (χ0n) is 11.8. The fourth-order valence-corrected chi connectivity index (χ4v) is 2.30. The molecule has 0 aromatic heterocycles. The van der Waals surface area contributed by atoms with Gasteiger partial charge in [0.15, 0.2) is 0 Å². The van der Waals surface area contributed by atoms with Crippen LogP contribution in [-0.4, -0.2) is 12.6 Å². The molecule has 0 radical (unpaired) electrons. The molecular formula is C17H21NO2. The molecule has 106 valence electrons. The molecule has 2 rings (SSSR count). The van der Waals surface area contributed by atoms with E-state index >= 15 is 0 Å². The van der Waals surface area contributed by atoms with Crippen molar-refractivity contribution >= 4 is 16.7 Å². The predicted octanol–water partition coefficient (Wildman–Crippen LogP) is 3.57. The number of nitrogens with two attached hydrogens (primary N) is 1. The number of esters is 1. The Morgan fingerprint density at radius 2 is 1.95 bits per heavy atom. The number of hydrogen-bond donors (Lipinski definition) is 1. The van der Waals surface area contributed by atoms with Crippen molar-refractivity contribution in [1.82, 2.24) is 0 Å². The highest BCUT2D eigenvalue weighted by Gasteiger charge is 2.08. The van der Waals surface area contributed by atoms with Gasteiger partial charge < -0.3 is 10.5 Å². The van der Waals surface area contributed by atoms with Crippen molar-refractivity contribution in [3.05, 3.63) is 48.0 Å². The largest absolute Gasteiger partial charge is 0.466 e. The Hall–Kier alpha value is -1.87. The molecule has 0 bridgehead atoms. The van der Waals surface area contributed by atoms with Crippen molar-refractivity contribution in [2.24, 2.45) is 5.73 Å². The molecule has 0 amide bonds. The van der Waals surface area contributed by atoms with Gasteiger partial charge >= 0.3 is 5.97 Å². The number of carbonyl (C=O) groups is 1. The van der Waals surface area contributed by atoms with Crippen LogP contribution < -0.4 is 5.73 Å². The van der Waals surface area contributed by atoms with E-state index in [1.807, 2.05) is 19.1 Å². The van der Waals surface area contributed by atoms with Gasteiger partial charge in [-0.2, -0.15) is 0 Å². The van der Waals surface area contributed by atoms with E-state index in [0.29, 0.717) is 13.0 Å². The van der Waals surface area contributed by atoms with Gasteiger partial charge in [-0.05, 0) is 42.2 Å². The summed E-state index contributed by atoms with van der Waals surface area (Å²) in [5.41, 5.74) is 7.31. The molecule has 1 unspecified atom stereocenters. The number of carbonyl (C=O) groups excluding carboxylic acids is 1. The zero-order valence-corrected chi connectivity index (χ0v) is 11.8. The van der Waals surface area contributed by atoms with Crippen LogP contribution >= 0.6 is 0 Å². The van der Waals surface area contributed by atoms with Crippen LogP contribution in [-0.2, 0) is 9.53 Å². The van der Waals surface area contributed by atoms with Gasteiger partial charge in [0.2, 0.25) is 0 Å². The minimum atomic E-state index is -0.141. The van der Waals surface area contributed by atoms with Crippen LogP contribution in [0, 0.1) is 0 Å². The summed E-state index contributed by atoms with van der Waals surface area (Å²) in [7, 11) is 0. The van der Waals surface area contributed by atoms with Crippen molar-refractivity contribution in [1.29, 1.82) is 0 Å². The lowest BCUT2D eigenvalue weighted by Crippen LogP contribution is -2.11. The Labute approximate surface area is 119 Å². The van der Waals surface area contributed by atoms with Crippen LogP contribution in [0.3, 0.4) is 0 Å². The van der Waals surface area contributed by atoms with Crippen LogP contribution in [0.1, 0.15) is 37.8 Å². The minimum absolute atomic E-state index is 0.0333. The van der Waals surface area contributed by atoms with E-state index in [-0.39, 0.29) is 12.0 Å². The van der Waals surface area contributed by atoms with Gasteiger partial charge in [-0.1, -0.05) is 36.4 Å². The molecule has 1 atom stereocenters. The van der Waals surface area contributed by atoms with Gasteiger partial charge in [0.05, 0.1) is 6.61 Å². The van der Waals surface area contributed by atoms with Gasteiger partial charge in [-0.25, -0.2) is 0 Å². The van der Waals surface area contributed by atoms with Crippen LogP contribution in [0.25, 0.3) is 10.8 Å². The molecule has 0 aliphatic carbocycles. The summed E-state index contributed by atoms with van der Waals surface area (Å²) >= 11 is 0. The summed E-state index contributed by atoms with van der Waals surface area (Å²) in [5.74, 6) is -0.141. The zero-order chi connectivity index (χ0) is 14.4. The third-order valence-electron chi connectivity index (χ3n) is 3.40. The second-order valence-electron chi connectivity index (χ2n) is 4.91. The molecule has 3 nitrogen and oxygen atoms in total. The Morgan fingerprint density at radius 3 is 2.70 bits per heavy atom. The Morgan fingerprint density at radius 1 is 1.20 bits per heavy atom. The number of ether oxygens (including phenoxy) is 1. The van der Waals surface area contributed by atoms with Crippen LogP contribution in [0.4, 0.5) is 0 Å². The van der Waals surface area contributed by atoms with E-state index in [9.17, 15) is 4.79 Å². The Bertz CT molecular complexity index is 580. The summed E-state index contributed by atoms with van der Waals surface area (Å²) in [6.45, 7) is 2.26. The smallest absolute Gasteiger partial charge is 0.305 e. The van der Waals surface area contributed by atoms with Crippen LogP contribution in [0.15, 0.2) is 42.5 Å². The van der Waals surface area contributed by atoms with Crippen molar-refractivity contribution in [2.45, 2.75) is 32.2 Å². The predicted molar refractivity (Wildman–Crippen MR) is 81.4 cm³/mol. The second-order valence-corrected chi connectivity index (χ2v) is 4.91. The molecule has 0 aliphatic rings. The second kappa shape index (κ2) is 7.06. The molecule has 0 spiro atoms. The molecule has 2 aromatic rings. The van der Waals surface area contributed by atoms with Crippen LogP contribution in [0.5, 0.6) is 0 Å². The quantitative estimate of drug-likeness (QED) is 0.817. The molecule has 20 heavy (non-hydrogen) atoms. The van der Waals surface area contributed by atoms with Crippen molar-refractivity contribution in [2.75, 3.05) is 6.61 Å². The molecular weight excluding hydrogens is 250 g/mol. The van der Waals surface area contributed by atoms with Gasteiger partial charge in [-0.15, -0.1) is 0 Å². The lowest BCUT2D eigenvalue weighted by Gasteiger charge is -2.12. The molecule has 0 aliphatic heterocycles. The van der Waals surface area contributed by atoms with E-state index in [4.69, 9.17) is 10.5 Å². The first kappa shape index (κ1) is 14.5. The lowest BCUT2D eigenvalue weighted by molar-refractivity contribution is -0.143. The van der Waals surface area contributed by atoms with E-state index in [0.717, 1.165) is 18.4 Å². The van der Waals surface area contributed by atoms with Gasteiger partial charge in [0.1, 0.15) is 0 Å². The molecule has 2 N–H and O–H groups in total. The standard InChI is InChI=1S/C17H21NO2/c1-2-20-17(19)9-5-8-16(18)15-11-10-13-6-3-4-7-14(13)12-15/h3-4,6-7,10-12,16H,2,5,8-9,18H2,1H3. The first-order valence-corrected chi connectivity index (χ1v) is 7.10. The molecule has 0 fully saturated rings. The fourth-order valence-electron chi connectivity index (χ4n) is 2.30. The molecule has 0 saturated carbocycles. The maximum Gasteiger partial charge on any atom is 0.305 e. The molecule has 0 heterocycles. The Kier molecular flexibility index (Phi) is 5.13. The van der Waals surface area contributed by atoms with E-state index in [2.05, 4.69) is 30.3 Å². The topological polar surface area (TPSA) is 52.3 Å². The first-order valence-electron chi connectivity index (χ1n) is 7.10. The minimum Gasteiger partial charge on any atom is -0.466 e. The average Bonchev–Trinajstić information content (AvgIpc) is 2.47. The lowest BCUT2D eigenvalue weighted by atomic mass is 9.99. The molecule has 3 heteroatoms. The number of hydrogen-bond acceptors (Lipinski definition) is 3. The average molecular weight is 271 g/mol. The summed E-state index contributed by atoms with van der Waals surface area (Å²) in [6, 6.07) is 14.5. The third-order valence-corrected chi connectivity index (χ3v) is 3.40. The van der Waals surface area contributed by atoms with Gasteiger partial charge in [0, 0.05) is 12.5 Å². The fraction of sp³-hybridized carbons (Fsp3) is 0.353. The molecule has 0 saturated heterocycles. The monoisotopic (exact) mass is 271 g/mol. The van der Waals surface area contributed by atoms with Gasteiger partial charge in [0.25, 0.3) is 0 Å². The van der Waals surface area contributed by atoms with E-state index < -0.39 is 0 Å². The highest BCUT2D eigenvalue weighted by molar-refractivity contribution is 5.83. The van der Waals surface area contributed by atoms with Crippen molar-refractivity contribution in [3.63, 3.8) is 0 Å². The van der Waals surface area contributed by atoms with E-state index in [1.54, 1.807) is 0 Å². The SMILES string of the molecule is CCOC(=O)CCCC(N)c1ccc2ccccc2c1. The molecule has 2 aromatic carbocycles.